The van der Waals surface area contributed by atoms with E-state index in [0.29, 0.717) is 18.4 Å². The standard InChI is InChI=1S/C21H31NO/c1-4-22(18(2)3)17-11-10-16-21(23,20-14-8-9-15-20)19-12-6-5-7-13-19/h5-7,12-13,18,20,23H,4,8-9,14-17H2,1-3H3/p+1/t21-/m0/s1. The highest BCUT2D eigenvalue weighted by atomic mass is 16.3. The van der Waals surface area contributed by atoms with Crippen LogP contribution in [0.5, 0.6) is 0 Å². The molecule has 0 saturated heterocycles. The van der Waals surface area contributed by atoms with Gasteiger partial charge in [-0.2, -0.15) is 0 Å². The second-order valence-corrected chi connectivity index (χ2v) is 7.15. The highest BCUT2D eigenvalue weighted by molar-refractivity contribution is 5.26. The molecule has 0 radical (unpaired) electrons. The van der Waals surface area contributed by atoms with E-state index in [1.54, 1.807) is 0 Å². The molecule has 0 spiro atoms. The van der Waals surface area contributed by atoms with Crippen molar-refractivity contribution in [2.75, 3.05) is 13.1 Å². The summed E-state index contributed by atoms with van der Waals surface area (Å²) in [5.74, 6) is 6.97. The van der Waals surface area contributed by atoms with Gasteiger partial charge in [-0.3, -0.25) is 0 Å². The molecule has 1 aliphatic rings. The van der Waals surface area contributed by atoms with Crippen LogP contribution in [0.15, 0.2) is 30.3 Å². The molecule has 1 aromatic carbocycles. The zero-order chi connectivity index (χ0) is 16.7. The van der Waals surface area contributed by atoms with Crippen LogP contribution >= 0.6 is 0 Å². The van der Waals surface area contributed by atoms with Crippen LogP contribution in [0.4, 0.5) is 0 Å². The number of hydrogen-bond acceptors (Lipinski definition) is 1. The fraction of sp³-hybridized carbons (Fsp3) is 0.619. The zero-order valence-corrected chi connectivity index (χ0v) is 14.9. The van der Waals surface area contributed by atoms with Crippen molar-refractivity contribution in [3.05, 3.63) is 35.9 Å². The van der Waals surface area contributed by atoms with Crippen LogP contribution in [-0.4, -0.2) is 24.2 Å². The molecule has 23 heavy (non-hydrogen) atoms. The molecule has 126 valence electrons. The molecule has 0 amide bonds. The van der Waals surface area contributed by atoms with Gasteiger partial charge in [0.1, 0.15) is 12.1 Å². The molecule has 1 saturated carbocycles. The summed E-state index contributed by atoms with van der Waals surface area (Å²) >= 11 is 0. The lowest BCUT2D eigenvalue weighted by Crippen LogP contribution is -3.14. The van der Waals surface area contributed by atoms with Crippen molar-refractivity contribution in [1.82, 2.24) is 0 Å². The zero-order valence-electron chi connectivity index (χ0n) is 14.9. The third kappa shape index (κ3) is 4.59. The Hall–Kier alpha value is -1.30. The molecule has 2 N–H and O–H groups in total. The highest BCUT2D eigenvalue weighted by Gasteiger charge is 2.39. The quantitative estimate of drug-likeness (QED) is 0.776. The van der Waals surface area contributed by atoms with Gasteiger partial charge in [0.2, 0.25) is 0 Å². The molecule has 0 aromatic heterocycles. The van der Waals surface area contributed by atoms with Crippen LogP contribution in [0.2, 0.25) is 0 Å². The van der Waals surface area contributed by atoms with E-state index >= 15 is 0 Å². The number of nitrogens with one attached hydrogen (secondary N) is 1. The first kappa shape index (κ1) is 18.0. The first-order chi connectivity index (χ1) is 11.1. The van der Waals surface area contributed by atoms with Gasteiger partial charge in [0, 0.05) is 6.42 Å². The second kappa shape index (κ2) is 8.52. The van der Waals surface area contributed by atoms with Crippen LogP contribution in [0.3, 0.4) is 0 Å². The molecule has 2 heteroatoms. The normalized spacial score (nSPS) is 19.2. The Morgan fingerprint density at radius 1 is 1.17 bits per heavy atom. The summed E-state index contributed by atoms with van der Waals surface area (Å²) in [4.78, 5) is 1.50. The van der Waals surface area contributed by atoms with Crippen LogP contribution in [0.25, 0.3) is 0 Å². The minimum Gasteiger partial charge on any atom is -0.384 e. The Balaban J connectivity index is 2.10. The van der Waals surface area contributed by atoms with E-state index < -0.39 is 5.60 Å². The third-order valence-corrected chi connectivity index (χ3v) is 5.37. The van der Waals surface area contributed by atoms with Crippen LogP contribution in [0.1, 0.15) is 58.4 Å². The third-order valence-electron chi connectivity index (χ3n) is 5.37. The Labute approximate surface area is 141 Å². The van der Waals surface area contributed by atoms with Gasteiger partial charge in [-0.15, -0.1) is 0 Å². The maximum Gasteiger partial charge on any atom is 0.139 e. The van der Waals surface area contributed by atoms with Crippen molar-refractivity contribution in [1.29, 1.82) is 0 Å². The first-order valence-corrected chi connectivity index (χ1v) is 9.16. The van der Waals surface area contributed by atoms with Gasteiger partial charge in [-0.1, -0.05) is 49.1 Å². The van der Waals surface area contributed by atoms with E-state index in [0.717, 1.165) is 31.5 Å². The second-order valence-electron chi connectivity index (χ2n) is 7.15. The van der Waals surface area contributed by atoms with Crippen LogP contribution in [-0.2, 0) is 5.60 Å². The summed E-state index contributed by atoms with van der Waals surface area (Å²) in [7, 11) is 0. The summed E-state index contributed by atoms with van der Waals surface area (Å²) in [6.45, 7) is 8.64. The topological polar surface area (TPSA) is 24.7 Å². The van der Waals surface area contributed by atoms with Crippen molar-refractivity contribution in [3.8, 4) is 11.8 Å². The Morgan fingerprint density at radius 2 is 1.83 bits per heavy atom. The molecule has 2 rings (SSSR count). The van der Waals surface area contributed by atoms with Gasteiger partial charge >= 0.3 is 0 Å². The van der Waals surface area contributed by atoms with Gasteiger partial charge in [0.05, 0.1) is 12.6 Å². The Kier molecular flexibility index (Phi) is 6.69. The monoisotopic (exact) mass is 314 g/mol. The molecule has 0 heterocycles. The summed E-state index contributed by atoms with van der Waals surface area (Å²) in [5, 5.41) is 11.4. The van der Waals surface area contributed by atoms with Gasteiger partial charge < -0.3 is 10.0 Å². The van der Waals surface area contributed by atoms with Gasteiger partial charge in [-0.05, 0) is 51.0 Å². The molecule has 0 aliphatic heterocycles. The molecule has 1 aromatic rings. The molecule has 0 bridgehead atoms. The van der Waals surface area contributed by atoms with E-state index in [4.69, 9.17) is 0 Å². The van der Waals surface area contributed by atoms with Crippen molar-refractivity contribution >= 4 is 0 Å². The van der Waals surface area contributed by atoms with E-state index in [1.807, 2.05) is 18.2 Å². The molecule has 2 atom stereocenters. The fourth-order valence-electron chi connectivity index (χ4n) is 3.72. The van der Waals surface area contributed by atoms with Crippen molar-refractivity contribution in [3.63, 3.8) is 0 Å². The number of hydrogen-bond donors (Lipinski definition) is 2. The predicted molar refractivity (Wildman–Crippen MR) is 96.2 cm³/mol. The number of rotatable bonds is 6. The van der Waals surface area contributed by atoms with Gasteiger partial charge in [0.25, 0.3) is 0 Å². The van der Waals surface area contributed by atoms with Gasteiger partial charge in [0.15, 0.2) is 0 Å². The lowest BCUT2D eigenvalue weighted by atomic mass is 9.78. The number of aliphatic hydroxyl groups is 1. The number of benzene rings is 1. The first-order valence-electron chi connectivity index (χ1n) is 9.16. The summed E-state index contributed by atoms with van der Waals surface area (Å²) in [6.07, 6.45) is 5.25. The maximum absolute atomic E-state index is 11.4. The summed E-state index contributed by atoms with van der Waals surface area (Å²) in [6, 6.07) is 10.7. The summed E-state index contributed by atoms with van der Waals surface area (Å²) < 4.78 is 0. The highest BCUT2D eigenvalue weighted by Crippen LogP contribution is 2.42. The molecule has 1 aliphatic carbocycles. The van der Waals surface area contributed by atoms with Crippen molar-refractivity contribution < 1.29 is 10.0 Å². The molecule has 1 fully saturated rings. The minimum atomic E-state index is -0.783. The van der Waals surface area contributed by atoms with Crippen LogP contribution < -0.4 is 4.90 Å². The van der Waals surface area contributed by atoms with E-state index in [9.17, 15) is 5.11 Å². The van der Waals surface area contributed by atoms with Crippen LogP contribution in [0, 0.1) is 17.8 Å². The minimum absolute atomic E-state index is 0.346. The Morgan fingerprint density at radius 3 is 2.39 bits per heavy atom. The molecule has 2 nitrogen and oxygen atoms in total. The molecule has 1 unspecified atom stereocenters. The number of quaternary nitrogens is 1. The molecular weight excluding hydrogens is 282 g/mol. The smallest absolute Gasteiger partial charge is 0.139 e. The van der Waals surface area contributed by atoms with E-state index in [1.165, 1.54) is 17.7 Å². The maximum atomic E-state index is 11.4. The average molecular weight is 314 g/mol. The average Bonchev–Trinajstić information content (AvgIpc) is 3.10. The fourth-order valence-corrected chi connectivity index (χ4v) is 3.72. The SMILES string of the molecule is CC[NH+](CC#CC[C@](O)(c1ccccc1)C1CCCC1)C(C)C. The van der Waals surface area contributed by atoms with Crippen molar-refractivity contribution in [2.45, 2.75) is 64.5 Å². The lowest BCUT2D eigenvalue weighted by Gasteiger charge is -2.33. The van der Waals surface area contributed by atoms with Crippen molar-refractivity contribution in [2.24, 2.45) is 5.92 Å². The van der Waals surface area contributed by atoms with Gasteiger partial charge in [-0.25, -0.2) is 0 Å². The summed E-state index contributed by atoms with van der Waals surface area (Å²) in [5.41, 5.74) is 0.249. The largest absolute Gasteiger partial charge is 0.384 e. The van der Waals surface area contributed by atoms with E-state index in [-0.39, 0.29) is 0 Å². The Bertz CT molecular complexity index is 522. The predicted octanol–water partition coefficient (Wildman–Crippen LogP) is 2.77. The van der Waals surface area contributed by atoms with E-state index in [2.05, 4.69) is 44.7 Å². The lowest BCUT2D eigenvalue weighted by molar-refractivity contribution is -0.912. The molecular formula is C21H32NO+.